The second-order valence-electron chi connectivity index (χ2n) is 4.93. The van der Waals surface area contributed by atoms with Crippen LogP contribution in [0.25, 0.3) is 0 Å². The molecule has 0 saturated carbocycles. The number of esters is 1. The molecule has 0 spiro atoms. The molecule has 6 heteroatoms. The summed E-state index contributed by atoms with van der Waals surface area (Å²) in [5, 5.41) is 2.42. The van der Waals surface area contributed by atoms with Crippen LogP contribution in [-0.2, 0) is 19.0 Å². The molecule has 6 nitrogen and oxygen atoms in total. The minimum Gasteiger partial charge on any atom is -0.464 e. The highest BCUT2D eigenvalue weighted by Crippen LogP contribution is 2.05. The summed E-state index contributed by atoms with van der Waals surface area (Å²) in [7, 11) is 1.52. The quantitative estimate of drug-likeness (QED) is 0.443. The molecule has 0 aromatic rings. The van der Waals surface area contributed by atoms with E-state index in [0.29, 0.717) is 13.2 Å². The number of nitrogens with one attached hydrogen (secondary N) is 1. The molecule has 124 valence electrons. The zero-order valence-corrected chi connectivity index (χ0v) is 13.5. The molecule has 1 amide bonds. The Kier molecular flexibility index (Phi) is 12.8. The van der Waals surface area contributed by atoms with Crippen molar-refractivity contribution in [1.82, 2.24) is 5.32 Å². The summed E-state index contributed by atoms with van der Waals surface area (Å²) in [4.78, 5) is 22.9. The maximum Gasteiger partial charge on any atom is 0.407 e. The molecule has 0 aliphatic carbocycles. The number of hydrogen-bond acceptors (Lipinski definition) is 5. The van der Waals surface area contributed by atoms with Crippen molar-refractivity contribution in [3.63, 3.8) is 0 Å². The van der Waals surface area contributed by atoms with Gasteiger partial charge in [-0.25, -0.2) is 9.59 Å². The first kappa shape index (κ1) is 19.7. The third kappa shape index (κ3) is 12.2. The maximum absolute atomic E-state index is 11.6. The molecule has 0 bridgehead atoms. The van der Waals surface area contributed by atoms with Crippen LogP contribution in [0.3, 0.4) is 0 Å². The van der Waals surface area contributed by atoms with Crippen LogP contribution in [0.2, 0.25) is 0 Å². The van der Waals surface area contributed by atoms with Gasteiger partial charge >= 0.3 is 12.1 Å². The van der Waals surface area contributed by atoms with Gasteiger partial charge in [-0.15, -0.1) is 0 Å². The van der Waals surface area contributed by atoms with E-state index in [2.05, 4.69) is 12.2 Å². The number of unbranched alkanes of at least 4 members (excludes halogenated alkanes) is 5. The molecule has 0 aliphatic heterocycles. The van der Waals surface area contributed by atoms with Gasteiger partial charge in [-0.05, 0) is 13.3 Å². The molecule has 0 aromatic carbocycles. The van der Waals surface area contributed by atoms with Gasteiger partial charge < -0.3 is 19.5 Å². The molecule has 0 radical (unpaired) electrons. The fourth-order valence-electron chi connectivity index (χ4n) is 1.68. The van der Waals surface area contributed by atoms with E-state index in [1.165, 1.54) is 32.8 Å². The maximum atomic E-state index is 11.6. The van der Waals surface area contributed by atoms with Gasteiger partial charge in [0.2, 0.25) is 0 Å². The molecule has 0 heterocycles. The first-order valence-electron chi connectivity index (χ1n) is 7.70. The normalized spacial score (nSPS) is 11.8. The highest BCUT2D eigenvalue weighted by atomic mass is 16.6. The Labute approximate surface area is 127 Å². The molecule has 0 saturated heterocycles. The van der Waals surface area contributed by atoms with E-state index in [9.17, 15) is 9.59 Å². The van der Waals surface area contributed by atoms with Crippen molar-refractivity contribution in [3.8, 4) is 0 Å². The molecule has 0 rings (SSSR count). The van der Waals surface area contributed by atoms with Crippen molar-refractivity contribution in [2.75, 3.05) is 26.9 Å². The number of carbonyl (C=O) groups is 2. The van der Waals surface area contributed by atoms with Gasteiger partial charge in [-0.1, -0.05) is 39.0 Å². The first-order chi connectivity index (χ1) is 10.1. The predicted octanol–water partition coefficient (Wildman–Crippen LogP) is 2.65. The second-order valence-corrected chi connectivity index (χ2v) is 4.93. The topological polar surface area (TPSA) is 73.9 Å². The lowest BCUT2D eigenvalue weighted by Crippen LogP contribution is -2.40. The molecule has 0 aliphatic rings. The van der Waals surface area contributed by atoms with Crippen LogP contribution in [0.15, 0.2) is 0 Å². The van der Waals surface area contributed by atoms with Crippen LogP contribution in [0, 0.1) is 0 Å². The summed E-state index contributed by atoms with van der Waals surface area (Å²) in [6.45, 7) is 4.62. The lowest BCUT2D eigenvalue weighted by Gasteiger charge is -2.13. The number of carbonyl (C=O) groups excluding carboxylic acids is 2. The van der Waals surface area contributed by atoms with E-state index in [0.717, 1.165) is 12.8 Å². The SMILES string of the molecule is CCCCCCCCOC(=O)C(C)NC(=O)OCCOC. The Morgan fingerprint density at radius 3 is 2.29 bits per heavy atom. The van der Waals surface area contributed by atoms with Crippen LogP contribution in [0.1, 0.15) is 52.4 Å². The fourth-order valence-corrected chi connectivity index (χ4v) is 1.68. The smallest absolute Gasteiger partial charge is 0.407 e. The van der Waals surface area contributed by atoms with Crippen molar-refractivity contribution in [1.29, 1.82) is 0 Å². The highest BCUT2D eigenvalue weighted by molar-refractivity contribution is 5.80. The van der Waals surface area contributed by atoms with Gasteiger partial charge in [0.05, 0.1) is 13.2 Å². The second kappa shape index (κ2) is 13.7. The Bertz CT molecular complexity index is 283. The van der Waals surface area contributed by atoms with Gasteiger partial charge in [0, 0.05) is 7.11 Å². The van der Waals surface area contributed by atoms with Gasteiger partial charge in [0.1, 0.15) is 12.6 Å². The zero-order valence-electron chi connectivity index (χ0n) is 13.5. The van der Waals surface area contributed by atoms with Crippen LogP contribution < -0.4 is 5.32 Å². The van der Waals surface area contributed by atoms with Crippen LogP contribution >= 0.6 is 0 Å². The molecule has 0 aromatic heterocycles. The number of ether oxygens (including phenoxy) is 3. The summed E-state index contributed by atoms with van der Waals surface area (Å²) < 4.78 is 14.7. The minimum atomic E-state index is -0.708. The average Bonchev–Trinajstić information content (AvgIpc) is 2.46. The molecule has 21 heavy (non-hydrogen) atoms. The Hall–Kier alpha value is -1.30. The number of rotatable bonds is 12. The van der Waals surface area contributed by atoms with Crippen LogP contribution in [0.5, 0.6) is 0 Å². The third-order valence-corrected chi connectivity index (χ3v) is 2.95. The average molecular weight is 303 g/mol. The highest BCUT2D eigenvalue weighted by Gasteiger charge is 2.17. The van der Waals surface area contributed by atoms with Gasteiger partial charge in [-0.2, -0.15) is 0 Å². The standard InChI is InChI=1S/C15H29NO5/c1-4-5-6-7-8-9-10-20-14(17)13(2)16-15(18)21-12-11-19-3/h13H,4-12H2,1-3H3,(H,16,18). The molecule has 1 N–H and O–H groups in total. The minimum absolute atomic E-state index is 0.155. The summed E-state index contributed by atoms with van der Waals surface area (Å²) in [6, 6.07) is -0.708. The lowest BCUT2D eigenvalue weighted by atomic mass is 10.1. The Morgan fingerprint density at radius 1 is 0.952 bits per heavy atom. The zero-order chi connectivity index (χ0) is 15.9. The number of amides is 1. The van der Waals surface area contributed by atoms with Crippen molar-refractivity contribution in [3.05, 3.63) is 0 Å². The van der Waals surface area contributed by atoms with Crippen LogP contribution in [0.4, 0.5) is 4.79 Å². The summed E-state index contributed by atoms with van der Waals surface area (Å²) in [6.07, 6.45) is 6.16. The summed E-state index contributed by atoms with van der Waals surface area (Å²) in [5.41, 5.74) is 0. The van der Waals surface area contributed by atoms with Crippen LogP contribution in [-0.4, -0.2) is 45.0 Å². The first-order valence-corrected chi connectivity index (χ1v) is 7.70. The molecular weight excluding hydrogens is 274 g/mol. The fraction of sp³-hybridized carbons (Fsp3) is 0.867. The van der Waals surface area contributed by atoms with Gasteiger partial charge in [0.25, 0.3) is 0 Å². The van der Waals surface area contributed by atoms with Gasteiger partial charge in [0.15, 0.2) is 0 Å². The monoisotopic (exact) mass is 303 g/mol. The number of methoxy groups -OCH3 is 1. The van der Waals surface area contributed by atoms with E-state index in [1.807, 2.05) is 0 Å². The molecule has 0 fully saturated rings. The van der Waals surface area contributed by atoms with E-state index in [4.69, 9.17) is 14.2 Å². The predicted molar refractivity (Wildman–Crippen MR) is 80.2 cm³/mol. The summed E-state index contributed by atoms with van der Waals surface area (Å²) in [5.74, 6) is -0.438. The third-order valence-electron chi connectivity index (χ3n) is 2.95. The van der Waals surface area contributed by atoms with Gasteiger partial charge in [-0.3, -0.25) is 0 Å². The lowest BCUT2D eigenvalue weighted by molar-refractivity contribution is -0.145. The molecule has 1 unspecified atom stereocenters. The van der Waals surface area contributed by atoms with E-state index >= 15 is 0 Å². The van der Waals surface area contributed by atoms with E-state index < -0.39 is 18.1 Å². The number of hydrogen-bond donors (Lipinski definition) is 1. The largest absolute Gasteiger partial charge is 0.464 e. The molecule has 1 atom stereocenters. The van der Waals surface area contributed by atoms with Crippen molar-refractivity contribution < 1.29 is 23.8 Å². The Morgan fingerprint density at radius 2 is 1.62 bits per heavy atom. The van der Waals surface area contributed by atoms with E-state index in [-0.39, 0.29) is 6.61 Å². The van der Waals surface area contributed by atoms with Crippen molar-refractivity contribution in [2.45, 2.75) is 58.4 Å². The van der Waals surface area contributed by atoms with E-state index in [1.54, 1.807) is 6.92 Å². The van der Waals surface area contributed by atoms with Crippen molar-refractivity contribution >= 4 is 12.1 Å². The number of alkyl carbamates (subject to hydrolysis) is 1. The summed E-state index contributed by atoms with van der Waals surface area (Å²) >= 11 is 0. The Balaban J connectivity index is 3.58. The molecular formula is C15H29NO5. The van der Waals surface area contributed by atoms with Crippen molar-refractivity contribution in [2.24, 2.45) is 0 Å².